The molecule has 82 valence electrons. The molecule has 0 spiro atoms. The van der Waals surface area contributed by atoms with Crippen LogP contribution in [-0.2, 0) is 4.74 Å². The Morgan fingerprint density at radius 2 is 1.80 bits per heavy atom. The largest absolute Gasteiger partial charge is 0.534 e. The average Bonchev–Trinajstić information content (AvgIpc) is 2.05. The van der Waals surface area contributed by atoms with Gasteiger partial charge in [0.25, 0.3) is 0 Å². The fourth-order valence-corrected chi connectivity index (χ4v) is 0.815. The maximum Gasteiger partial charge on any atom is 0.534 e. The lowest BCUT2D eigenvalue weighted by Crippen LogP contribution is -2.30. The second-order valence-electron chi connectivity index (χ2n) is 3.95. The van der Waals surface area contributed by atoms with Gasteiger partial charge in [0, 0.05) is 24.5 Å². The van der Waals surface area contributed by atoms with Crippen LogP contribution in [0, 0.1) is 0 Å². The van der Waals surface area contributed by atoms with Crippen molar-refractivity contribution in [3.8, 4) is 0 Å². The molecule has 1 rings (SSSR count). The van der Waals surface area contributed by atoms with Crippen molar-refractivity contribution in [3.05, 3.63) is 34.7 Å². The third-order valence-electron chi connectivity index (χ3n) is 1.34. The molecule has 0 saturated carbocycles. The molecule has 5 nitrogen and oxygen atoms in total. The number of carbonyl (C=O) groups excluding carboxylic acids is 1. The fourth-order valence-electron chi connectivity index (χ4n) is 0.815. The molecule has 1 aromatic heterocycles. The van der Waals surface area contributed by atoms with Crippen molar-refractivity contribution in [2.75, 3.05) is 0 Å². The van der Waals surface area contributed by atoms with Crippen molar-refractivity contribution >= 4 is 6.16 Å². The minimum atomic E-state index is -0.814. The Bertz CT molecular complexity index is 382. The Hall–Kier alpha value is -1.78. The van der Waals surface area contributed by atoms with Crippen LogP contribution in [-0.4, -0.2) is 16.5 Å². The molecule has 0 atom stereocenters. The van der Waals surface area contributed by atoms with Crippen LogP contribution in [0.4, 0.5) is 4.79 Å². The third-order valence-corrected chi connectivity index (χ3v) is 1.34. The van der Waals surface area contributed by atoms with Crippen molar-refractivity contribution in [3.63, 3.8) is 0 Å². The molecule has 5 heteroatoms. The van der Waals surface area contributed by atoms with Gasteiger partial charge in [0.2, 0.25) is 0 Å². The zero-order chi connectivity index (χ0) is 11.5. The van der Waals surface area contributed by atoms with E-state index in [-0.39, 0.29) is 5.43 Å². The summed E-state index contributed by atoms with van der Waals surface area (Å²) < 4.78 is 6.02. The molecule has 0 amide bonds. The first-order valence-corrected chi connectivity index (χ1v) is 4.46. The monoisotopic (exact) mass is 211 g/mol. The van der Waals surface area contributed by atoms with Gasteiger partial charge in [0.1, 0.15) is 5.60 Å². The van der Waals surface area contributed by atoms with Gasteiger partial charge in [-0.25, -0.2) is 4.79 Å². The highest BCUT2D eigenvalue weighted by molar-refractivity contribution is 5.60. The molecule has 0 aliphatic rings. The van der Waals surface area contributed by atoms with Gasteiger partial charge in [-0.2, -0.15) is 4.73 Å². The minimum Gasteiger partial charge on any atom is -0.427 e. The molecule has 1 aromatic rings. The fraction of sp³-hybridized carbons (Fsp3) is 0.400. The lowest BCUT2D eigenvalue weighted by atomic mass is 10.2. The Balaban J connectivity index is 2.59. The summed E-state index contributed by atoms with van der Waals surface area (Å²) >= 11 is 0. The number of rotatable bonds is 1. The highest BCUT2D eigenvalue weighted by Crippen LogP contribution is 2.06. The van der Waals surface area contributed by atoms with E-state index in [4.69, 9.17) is 9.57 Å². The van der Waals surface area contributed by atoms with Gasteiger partial charge >= 0.3 is 6.16 Å². The van der Waals surface area contributed by atoms with Crippen molar-refractivity contribution in [2.24, 2.45) is 0 Å². The van der Waals surface area contributed by atoms with E-state index in [2.05, 4.69) is 0 Å². The van der Waals surface area contributed by atoms with Gasteiger partial charge in [-0.15, -0.1) is 0 Å². The molecule has 0 N–H and O–H groups in total. The molecule has 0 saturated heterocycles. The first-order valence-electron chi connectivity index (χ1n) is 4.46. The molecule has 0 radical (unpaired) electrons. The molecule has 0 unspecified atom stereocenters. The summed E-state index contributed by atoms with van der Waals surface area (Å²) in [4.78, 5) is 26.7. The molecule has 15 heavy (non-hydrogen) atoms. The Labute approximate surface area is 87.2 Å². The number of ether oxygens (including phenoxy) is 1. The number of hydrogen-bond acceptors (Lipinski definition) is 4. The van der Waals surface area contributed by atoms with Crippen LogP contribution < -0.4 is 10.3 Å². The molecule has 1 heterocycles. The van der Waals surface area contributed by atoms with E-state index in [1.54, 1.807) is 20.8 Å². The topological polar surface area (TPSA) is 57.5 Å². The summed E-state index contributed by atoms with van der Waals surface area (Å²) in [5.74, 6) is 0. The number of nitrogens with zero attached hydrogens (tertiary/aromatic N) is 1. The molecular weight excluding hydrogens is 198 g/mol. The van der Waals surface area contributed by atoms with Crippen LogP contribution in [0.5, 0.6) is 0 Å². The summed E-state index contributed by atoms with van der Waals surface area (Å²) in [5.41, 5.74) is -0.755. The summed E-state index contributed by atoms with van der Waals surface area (Å²) in [6, 6.07) is 2.56. The van der Waals surface area contributed by atoms with Gasteiger partial charge < -0.3 is 9.57 Å². The zero-order valence-corrected chi connectivity index (χ0v) is 8.89. The van der Waals surface area contributed by atoms with Crippen molar-refractivity contribution in [2.45, 2.75) is 26.4 Å². The zero-order valence-electron chi connectivity index (χ0n) is 8.89. The van der Waals surface area contributed by atoms with E-state index < -0.39 is 11.8 Å². The minimum absolute atomic E-state index is 0.154. The summed E-state index contributed by atoms with van der Waals surface area (Å²) in [6.45, 7) is 5.21. The van der Waals surface area contributed by atoms with E-state index in [1.165, 1.54) is 24.5 Å². The second-order valence-corrected chi connectivity index (χ2v) is 3.95. The predicted octanol–water partition coefficient (Wildman–Crippen LogP) is 1.21. The normalized spacial score (nSPS) is 10.9. The summed E-state index contributed by atoms with van der Waals surface area (Å²) in [6.07, 6.45) is 1.87. The van der Waals surface area contributed by atoms with E-state index in [0.29, 0.717) is 0 Å². The Morgan fingerprint density at radius 3 is 2.27 bits per heavy atom. The first-order chi connectivity index (χ1) is 6.87. The van der Waals surface area contributed by atoms with E-state index in [0.717, 1.165) is 4.73 Å². The van der Waals surface area contributed by atoms with Crippen LogP contribution in [0.1, 0.15) is 20.8 Å². The van der Waals surface area contributed by atoms with Gasteiger partial charge in [-0.05, 0) is 20.8 Å². The van der Waals surface area contributed by atoms with Crippen LogP contribution in [0.3, 0.4) is 0 Å². The Morgan fingerprint density at radius 1 is 1.27 bits per heavy atom. The van der Waals surface area contributed by atoms with Gasteiger partial charge in [0.05, 0.1) is 0 Å². The molecule has 0 bridgehead atoms. The molecule has 0 aliphatic carbocycles. The van der Waals surface area contributed by atoms with Crippen molar-refractivity contribution < 1.29 is 14.4 Å². The molecule has 0 aliphatic heterocycles. The lowest BCUT2D eigenvalue weighted by Gasteiger charge is -2.18. The van der Waals surface area contributed by atoms with Crippen LogP contribution in [0.2, 0.25) is 0 Å². The SMILES string of the molecule is CC(C)(C)OC(=O)On1ccc(=O)cc1. The molecule has 0 fully saturated rings. The number of pyridine rings is 1. The lowest BCUT2D eigenvalue weighted by molar-refractivity contribution is -0.0112. The predicted molar refractivity (Wildman–Crippen MR) is 53.5 cm³/mol. The van der Waals surface area contributed by atoms with Crippen molar-refractivity contribution in [1.29, 1.82) is 0 Å². The Kier molecular flexibility index (Phi) is 3.14. The summed E-state index contributed by atoms with van der Waals surface area (Å²) in [7, 11) is 0. The maximum absolute atomic E-state index is 11.2. The number of hydrogen-bond donors (Lipinski definition) is 0. The molecule has 0 aromatic carbocycles. The third kappa shape index (κ3) is 4.30. The van der Waals surface area contributed by atoms with E-state index >= 15 is 0 Å². The maximum atomic E-state index is 11.2. The van der Waals surface area contributed by atoms with Gasteiger partial charge in [0.15, 0.2) is 5.43 Å². The average molecular weight is 211 g/mol. The highest BCUT2D eigenvalue weighted by atomic mass is 16.8. The van der Waals surface area contributed by atoms with E-state index in [9.17, 15) is 9.59 Å². The number of carbonyl (C=O) groups is 1. The van der Waals surface area contributed by atoms with Gasteiger partial charge in [-0.3, -0.25) is 4.79 Å². The van der Waals surface area contributed by atoms with E-state index in [1.807, 2.05) is 0 Å². The number of aromatic nitrogens is 1. The van der Waals surface area contributed by atoms with Gasteiger partial charge in [-0.1, -0.05) is 0 Å². The quantitative estimate of drug-likeness (QED) is 0.655. The standard InChI is InChI=1S/C10H13NO4/c1-10(2,3)14-9(13)15-11-6-4-8(12)5-7-11/h4-7H,1-3H3. The van der Waals surface area contributed by atoms with Crippen LogP contribution in [0.15, 0.2) is 29.3 Å². The van der Waals surface area contributed by atoms with Crippen LogP contribution in [0.25, 0.3) is 0 Å². The van der Waals surface area contributed by atoms with Crippen LogP contribution >= 0.6 is 0 Å². The highest BCUT2D eigenvalue weighted by Gasteiger charge is 2.17. The first kappa shape index (κ1) is 11.3. The smallest absolute Gasteiger partial charge is 0.427 e. The van der Waals surface area contributed by atoms with Crippen molar-refractivity contribution in [1.82, 2.24) is 4.73 Å². The molecular formula is C10H13NO4. The second kappa shape index (κ2) is 4.16. The summed E-state index contributed by atoms with van der Waals surface area (Å²) in [5, 5.41) is 0.